The SMILES string of the molecule is C[C@H](NC(=O)c1ccc2c(c1)OCO2)c1nnc2n1CCCCC2. The molecule has 0 saturated heterocycles. The number of nitrogens with one attached hydrogen (secondary N) is 1. The average Bonchev–Trinajstić information content (AvgIpc) is 3.15. The van der Waals surface area contributed by atoms with E-state index < -0.39 is 0 Å². The van der Waals surface area contributed by atoms with Gasteiger partial charge >= 0.3 is 0 Å². The molecule has 0 unspecified atom stereocenters. The highest BCUT2D eigenvalue weighted by atomic mass is 16.7. The molecule has 1 atom stereocenters. The monoisotopic (exact) mass is 328 g/mol. The van der Waals surface area contributed by atoms with Crippen LogP contribution in [0.25, 0.3) is 0 Å². The Balaban J connectivity index is 1.51. The van der Waals surface area contributed by atoms with E-state index in [4.69, 9.17) is 9.47 Å². The molecule has 0 fully saturated rings. The van der Waals surface area contributed by atoms with Crippen molar-refractivity contribution in [3.05, 3.63) is 35.4 Å². The normalized spacial score (nSPS) is 17.0. The van der Waals surface area contributed by atoms with E-state index in [2.05, 4.69) is 20.1 Å². The summed E-state index contributed by atoms with van der Waals surface area (Å²) in [5, 5.41) is 11.6. The Morgan fingerprint density at radius 2 is 2.08 bits per heavy atom. The van der Waals surface area contributed by atoms with Crippen molar-refractivity contribution in [2.45, 2.75) is 45.2 Å². The van der Waals surface area contributed by atoms with E-state index in [-0.39, 0.29) is 18.7 Å². The zero-order chi connectivity index (χ0) is 16.5. The predicted molar refractivity (Wildman–Crippen MR) is 86.0 cm³/mol. The van der Waals surface area contributed by atoms with Crippen molar-refractivity contribution in [1.29, 1.82) is 0 Å². The van der Waals surface area contributed by atoms with Gasteiger partial charge in [-0.1, -0.05) is 6.42 Å². The highest BCUT2D eigenvalue weighted by Crippen LogP contribution is 2.32. The molecule has 1 aromatic heterocycles. The molecule has 7 nitrogen and oxygen atoms in total. The number of ether oxygens (including phenoxy) is 2. The quantitative estimate of drug-likeness (QED) is 0.935. The van der Waals surface area contributed by atoms with Gasteiger partial charge in [0.15, 0.2) is 17.3 Å². The van der Waals surface area contributed by atoms with Gasteiger partial charge in [0.25, 0.3) is 5.91 Å². The lowest BCUT2D eigenvalue weighted by molar-refractivity contribution is 0.0937. The van der Waals surface area contributed by atoms with Gasteiger partial charge in [-0.15, -0.1) is 10.2 Å². The van der Waals surface area contributed by atoms with Crippen molar-refractivity contribution in [3.8, 4) is 11.5 Å². The maximum Gasteiger partial charge on any atom is 0.252 e. The Bertz CT molecular complexity index is 771. The fourth-order valence-corrected chi connectivity index (χ4v) is 3.21. The summed E-state index contributed by atoms with van der Waals surface area (Å²) < 4.78 is 12.7. The molecule has 7 heteroatoms. The summed E-state index contributed by atoms with van der Waals surface area (Å²) >= 11 is 0. The topological polar surface area (TPSA) is 78.3 Å². The molecule has 3 heterocycles. The van der Waals surface area contributed by atoms with E-state index in [1.165, 1.54) is 6.42 Å². The molecule has 0 radical (unpaired) electrons. The number of amides is 1. The lowest BCUT2D eigenvalue weighted by Gasteiger charge is -2.15. The molecule has 1 aromatic carbocycles. The van der Waals surface area contributed by atoms with Crippen LogP contribution in [0.4, 0.5) is 0 Å². The summed E-state index contributed by atoms with van der Waals surface area (Å²) in [4.78, 5) is 12.5. The van der Waals surface area contributed by atoms with Crippen LogP contribution in [0.2, 0.25) is 0 Å². The number of hydrogen-bond acceptors (Lipinski definition) is 5. The molecule has 126 valence electrons. The number of aromatic nitrogens is 3. The Kier molecular flexibility index (Phi) is 3.84. The first-order valence-electron chi connectivity index (χ1n) is 8.35. The zero-order valence-corrected chi connectivity index (χ0v) is 13.6. The first kappa shape index (κ1) is 15.0. The van der Waals surface area contributed by atoms with E-state index in [9.17, 15) is 4.79 Å². The minimum absolute atomic E-state index is 0.160. The predicted octanol–water partition coefficient (Wildman–Crippen LogP) is 2.22. The van der Waals surface area contributed by atoms with E-state index in [1.807, 2.05) is 6.92 Å². The number of hydrogen-bond donors (Lipinski definition) is 1. The molecule has 1 N–H and O–H groups in total. The summed E-state index contributed by atoms with van der Waals surface area (Å²) in [5.41, 5.74) is 0.543. The second kappa shape index (κ2) is 6.14. The minimum atomic E-state index is -0.206. The van der Waals surface area contributed by atoms with Gasteiger partial charge in [-0.3, -0.25) is 4.79 Å². The van der Waals surface area contributed by atoms with Crippen molar-refractivity contribution >= 4 is 5.91 Å². The average molecular weight is 328 g/mol. The standard InChI is InChI=1S/C17H20N4O3/c1-11(16-20-19-15-5-3-2-4-8-21(15)16)18-17(22)12-6-7-13-14(9-12)24-10-23-13/h6-7,9,11H,2-5,8,10H2,1H3,(H,18,22)/t11-/m0/s1. The van der Waals surface area contributed by atoms with Crippen LogP contribution in [-0.4, -0.2) is 27.5 Å². The van der Waals surface area contributed by atoms with E-state index in [0.717, 1.165) is 37.5 Å². The van der Waals surface area contributed by atoms with Crippen LogP contribution in [0, 0.1) is 0 Å². The van der Waals surface area contributed by atoms with E-state index in [0.29, 0.717) is 17.1 Å². The third kappa shape index (κ3) is 2.70. The third-order valence-electron chi connectivity index (χ3n) is 4.51. The molecule has 4 rings (SSSR count). The lowest BCUT2D eigenvalue weighted by atomic mass is 10.1. The fraction of sp³-hybridized carbons (Fsp3) is 0.471. The second-order valence-electron chi connectivity index (χ2n) is 6.20. The maximum atomic E-state index is 12.5. The number of nitrogens with zero attached hydrogens (tertiary/aromatic N) is 3. The van der Waals surface area contributed by atoms with Crippen molar-refractivity contribution in [1.82, 2.24) is 20.1 Å². The van der Waals surface area contributed by atoms with Gasteiger partial charge in [0.1, 0.15) is 5.82 Å². The molecule has 24 heavy (non-hydrogen) atoms. The zero-order valence-electron chi connectivity index (χ0n) is 13.6. The molecule has 0 saturated carbocycles. The maximum absolute atomic E-state index is 12.5. The van der Waals surface area contributed by atoms with Gasteiger partial charge < -0.3 is 19.4 Å². The molecule has 2 aliphatic heterocycles. The molecule has 2 aliphatic rings. The highest BCUT2D eigenvalue weighted by Gasteiger charge is 2.22. The summed E-state index contributed by atoms with van der Waals surface area (Å²) in [6.07, 6.45) is 4.44. The summed E-state index contributed by atoms with van der Waals surface area (Å²) in [6, 6.07) is 4.99. The van der Waals surface area contributed by atoms with Crippen LogP contribution in [0.15, 0.2) is 18.2 Å². The molecular formula is C17H20N4O3. The van der Waals surface area contributed by atoms with Gasteiger partial charge in [0.05, 0.1) is 6.04 Å². The molecule has 1 amide bonds. The molecular weight excluding hydrogens is 308 g/mol. The molecule has 0 spiro atoms. The number of rotatable bonds is 3. The Hall–Kier alpha value is -2.57. The summed E-state index contributed by atoms with van der Waals surface area (Å²) in [6.45, 7) is 3.05. The van der Waals surface area contributed by atoms with Crippen molar-refractivity contribution in [3.63, 3.8) is 0 Å². The Morgan fingerprint density at radius 1 is 1.21 bits per heavy atom. The van der Waals surface area contributed by atoms with Crippen LogP contribution in [0.3, 0.4) is 0 Å². The van der Waals surface area contributed by atoms with Gasteiger partial charge in [0, 0.05) is 18.5 Å². The van der Waals surface area contributed by atoms with Crippen LogP contribution in [-0.2, 0) is 13.0 Å². The van der Waals surface area contributed by atoms with E-state index >= 15 is 0 Å². The Morgan fingerprint density at radius 3 is 3.00 bits per heavy atom. The number of carbonyl (C=O) groups is 1. The molecule has 0 aliphatic carbocycles. The fourth-order valence-electron chi connectivity index (χ4n) is 3.21. The van der Waals surface area contributed by atoms with Gasteiger partial charge in [-0.25, -0.2) is 0 Å². The van der Waals surface area contributed by atoms with Crippen LogP contribution in [0.5, 0.6) is 11.5 Å². The molecule has 0 bridgehead atoms. The van der Waals surface area contributed by atoms with Gasteiger partial charge in [0.2, 0.25) is 6.79 Å². The second-order valence-corrected chi connectivity index (χ2v) is 6.20. The number of aryl methyl sites for hydroxylation is 1. The first-order chi connectivity index (χ1) is 11.7. The largest absolute Gasteiger partial charge is 0.454 e. The summed E-state index contributed by atoms with van der Waals surface area (Å²) in [5.74, 6) is 2.95. The highest BCUT2D eigenvalue weighted by molar-refractivity contribution is 5.95. The summed E-state index contributed by atoms with van der Waals surface area (Å²) in [7, 11) is 0. The van der Waals surface area contributed by atoms with Gasteiger partial charge in [-0.05, 0) is 38.0 Å². The number of benzene rings is 1. The minimum Gasteiger partial charge on any atom is -0.454 e. The molecule has 2 aromatic rings. The Labute approximate surface area is 140 Å². The van der Waals surface area contributed by atoms with Crippen molar-refractivity contribution < 1.29 is 14.3 Å². The van der Waals surface area contributed by atoms with E-state index in [1.54, 1.807) is 18.2 Å². The third-order valence-corrected chi connectivity index (χ3v) is 4.51. The smallest absolute Gasteiger partial charge is 0.252 e. The van der Waals surface area contributed by atoms with Crippen LogP contribution in [0.1, 0.15) is 54.2 Å². The van der Waals surface area contributed by atoms with Crippen LogP contribution >= 0.6 is 0 Å². The number of carbonyl (C=O) groups excluding carboxylic acids is 1. The van der Waals surface area contributed by atoms with Gasteiger partial charge in [-0.2, -0.15) is 0 Å². The van der Waals surface area contributed by atoms with Crippen molar-refractivity contribution in [2.24, 2.45) is 0 Å². The van der Waals surface area contributed by atoms with Crippen molar-refractivity contribution in [2.75, 3.05) is 6.79 Å². The lowest BCUT2D eigenvalue weighted by Crippen LogP contribution is -2.29. The van der Waals surface area contributed by atoms with Crippen LogP contribution < -0.4 is 14.8 Å². The first-order valence-corrected chi connectivity index (χ1v) is 8.35. The number of fused-ring (bicyclic) bond motifs is 2.